The summed E-state index contributed by atoms with van der Waals surface area (Å²) in [4.78, 5) is 0. The van der Waals surface area contributed by atoms with Gasteiger partial charge in [0.05, 0.1) is 0 Å². The van der Waals surface area contributed by atoms with E-state index in [4.69, 9.17) is 0 Å². The minimum atomic E-state index is 0.376. The molecule has 1 unspecified atom stereocenters. The van der Waals surface area contributed by atoms with E-state index in [1.807, 2.05) is 11.3 Å². The highest BCUT2D eigenvalue weighted by Gasteiger charge is 2.19. The predicted octanol–water partition coefficient (Wildman–Crippen LogP) is 10.6. The average molecular weight is 489 g/mol. The summed E-state index contributed by atoms with van der Waals surface area (Å²) in [6.45, 7) is 0. The van der Waals surface area contributed by atoms with E-state index in [1.54, 1.807) is 0 Å². The molecular weight excluding hydrogens is 464 g/mol. The zero-order valence-electron chi connectivity index (χ0n) is 20.3. The molecule has 1 heterocycles. The fourth-order valence-electron chi connectivity index (χ4n) is 6.27. The van der Waals surface area contributed by atoms with E-state index in [0.717, 1.165) is 6.42 Å². The molecule has 6 aromatic carbocycles. The van der Waals surface area contributed by atoms with Gasteiger partial charge in [0.15, 0.2) is 0 Å². The summed E-state index contributed by atoms with van der Waals surface area (Å²) >= 11 is 1.93. The van der Waals surface area contributed by atoms with Crippen molar-refractivity contribution in [2.24, 2.45) is 0 Å². The van der Waals surface area contributed by atoms with Crippen LogP contribution < -0.4 is 0 Å². The van der Waals surface area contributed by atoms with Crippen molar-refractivity contribution in [3.8, 4) is 0 Å². The lowest BCUT2D eigenvalue weighted by Crippen LogP contribution is -2.01. The lowest BCUT2D eigenvalue weighted by molar-refractivity contribution is 0.878. The summed E-state index contributed by atoms with van der Waals surface area (Å²) in [6.07, 6.45) is 7.97. The Labute approximate surface area is 219 Å². The Morgan fingerprint density at radius 1 is 0.541 bits per heavy atom. The lowest BCUT2D eigenvalue weighted by atomic mass is 9.84. The summed E-state index contributed by atoms with van der Waals surface area (Å²) in [6, 6.07) is 40.4. The van der Waals surface area contributed by atoms with Crippen molar-refractivity contribution in [3.05, 3.63) is 139 Å². The van der Waals surface area contributed by atoms with Gasteiger partial charge in [-0.2, -0.15) is 0 Å². The van der Waals surface area contributed by atoms with Gasteiger partial charge < -0.3 is 0 Å². The Morgan fingerprint density at radius 3 is 1.92 bits per heavy atom. The second-order valence-corrected chi connectivity index (χ2v) is 11.1. The van der Waals surface area contributed by atoms with Crippen LogP contribution in [0.2, 0.25) is 0 Å². The highest BCUT2D eigenvalue weighted by atomic mass is 32.1. The van der Waals surface area contributed by atoms with Gasteiger partial charge in [-0.25, -0.2) is 0 Å². The van der Waals surface area contributed by atoms with E-state index in [0.29, 0.717) is 5.92 Å². The summed E-state index contributed by atoms with van der Waals surface area (Å²) < 4.78 is 2.80. The molecule has 0 N–H and O–H groups in total. The number of benzene rings is 6. The molecule has 0 saturated heterocycles. The summed E-state index contributed by atoms with van der Waals surface area (Å²) in [5.74, 6) is 0.376. The van der Waals surface area contributed by atoms with E-state index in [9.17, 15) is 0 Å². The van der Waals surface area contributed by atoms with Crippen molar-refractivity contribution in [2.45, 2.75) is 12.3 Å². The van der Waals surface area contributed by atoms with Gasteiger partial charge in [-0.15, -0.1) is 11.3 Å². The molecule has 7 aromatic rings. The quantitative estimate of drug-likeness (QED) is 0.212. The largest absolute Gasteiger partial charge is 0.135 e. The first kappa shape index (κ1) is 20.9. The highest BCUT2D eigenvalue weighted by Crippen LogP contribution is 2.43. The summed E-state index contributed by atoms with van der Waals surface area (Å²) in [7, 11) is 0. The normalized spacial score (nSPS) is 15.8. The van der Waals surface area contributed by atoms with E-state index < -0.39 is 0 Å². The first-order valence-electron chi connectivity index (χ1n) is 13.0. The topological polar surface area (TPSA) is 0 Å². The first-order chi connectivity index (χ1) is 18.3. The Morgan fingerprint density at radius 2 is 1.16 bits per heavy atom. The number of thiophene rings is 1. The number of allylic oxidation sites excluding steroid dienone is 4. The van der Waals surface area contributed by atoms with E-state index in [-0.39, 0.29) is 0 Å². The third kappa shape index (κ3) is 3.21. The van der Waals surface area contributed by atoms with E-state index in [1.165, 1.54) is 69.2 Å². The fraction of sp³-hybridized carbons (Fsp3) is 0.0556. The Bertz CT molecular complexity index is 2030. The molecule has 0 fully saturated rings. The lowest BCUT2D eigenvalue weighted by Gasteiger charge is -2.21. The molecule has 37 heavy (non-hydrogen) atoms. The third-order valence-electron chi connectivity index (χ3n) is 8.03. The smallest absolute Gasteiger partial charge is 0.0393 e. The zero-order chi connectivity index (χ0) is 24.3. The zero-order valence-corrected chi connectivity index (χ0v) is 21.1. The van der Waals surface area contributed by atoms with Crippen molar-refractivity contribution in [1.29, 1.82) is 0 Å². The SMILES string of the molecule is C1=CC(c2cccc3c2sc2ccccc23)CC(c2ccc3c4ccccc4c4ccccc4c3c2)=C1. The van der Waals surface area contributed by atoms with Crippen molar-refractivity contribution in [2.75, 3.05) is 0 Å². The maximum absolute atomic E-state index is 2.42. The minimum absolute atomic E-state index is 0.376. The molecule has 1 aliphatic carbocycles. The van der Waals surface area contributed by atoms with Gasteiger partial charge in [0.25, 0.3) is 0 Å². The van der Waals surface area contributed by atoms with Crippen molar-refractivity contribution >= 4 is 69.4 Å². The molecule has 0 spiro atoms. The molecule has 0 nitrogen and oxygen atoms in total. The van der Waals surface area contributed by atoms with Crippen LogP contribution in [0.25, 0.3) is 58.1 Å². The standard InChI is InChI=1S/C36H24S/c1-2-13-29-27(11-1)28-12-3-4-14-30(28)34-22-24(19-20-31(29)34)23-9-7-10-25(21-23)26-16-8-17-33-32-15-5-6-18-35(32)37-36(26)33/h1-20,22,25H,21H2. The maximum atomic E-state index is 2.42. The van der Waals surface area contributed by atoms with Crippen LogP contribution in [0, 0.1) is 0 Å². The van der Waals surface area contributed by atoms with Crippen LogP contribution in [0.4, 0.5) is 0 Å². The van der Waals surface area contributed by atoms with Gasteiger partial charge in [-0.05, 0) is 67.6 Å². The van der Waals surface area contributed by atoms with Gasteiger partial charge in [-0.3, -0.25) is 0 Å². The molecular formula is C36H24S. The summed E-state index contributed by atoms with van der Waals surface area (Å²) in [5.41, 5.74) is 4.17. The van der Waals surface area contributed by atoms with Crippen LogP contribution in [0.15, 0.2) is 127 Å². The molecule has 1 aromatic heterocycles. The van der Waals surface area contributed by atoms with Crippen LogP contribution in [0.5, 0.6) is 0 Å². The number of fused-ring (bicyclic) bond motifs is 9. The Balaban J connectivity index is 1.26. The molecule has 0 aliphatic heterocycles. The molecule has 0 saturated carbocycles. The van der Waals surface area contributed by atoms with Crippen LogP contribution in [0.3, 0.4) is 0 Å². The third-order valence-corrected chi connectivity index (χ3v) is 9.27. The van der Waals surface area contributed by atoms with Gasteiger partial charge in [0.2, 0.25) is 0 Å². The highest BCUT2D eigenvalue weighted by molar-refractivity contribution is 7.26. The van der Waals surface area contributed by atoms with E-state index >= 15 is 0 Å². The molecule has 1 heteroatoms. The van der Waals surface area contributed by atoms with Gasteiger partial charge >= 0.3 is 0 Å². The Hall–Kier alpha value is -4.20. The molecule has 8 rings (SSSR count). The molecule has 0 bridgehead atoms. The molecule has 174 valence electrons. The second kappa shape index (κ2) is 8.16. The minimum Gasteiger partial charge on any atom is -0.135 e. The van der Waals surface area contributed by atoms with Crippen molar-refractivity contribution in [3.63, 3.8) is 0 Å². The van der Waals surface area contributed by atoms with Gasteiger partial charge in [0, 0.05) is 26.1 Å². The maximum Gasteiger partial charge on any atom is 0.0393 e. The van der Waals surface area contributed by atoms with Gasteiger partial charge in [-0.1, -0.05) is 115 Å². The van der Waals surface area contributed by atoms with Crippen molar-refractivity contribution in [1.82, 2.24) is 0 Å². The Kier molecular flexibility index (Phi) is 4.62. The van der Waals surface area contributed by atoms with Crippen LogP contribution in [-0.2, 0) is 0 Å². The molecule has 1 atom stereocenters. The van der Waals surface area contributed by atoms with Crippen LogP contribution in [0.1, 0.15) is 23.5 Å². The fourth-order valence-corrected chi connectivity index (χ4v) is 7.55. The molecule has 0 radical (unpaired) electrons. The van der Waals surface area contributed by atoms with Crippen LogP contribution >= 0.6 is 11.3 Å². The molecule has 1 aliphatic rings. The summed E-state index contributed by atoms with van der Waals surface area (Å²) in [5, 5.41) is 10.7. The monoisotopic (exact) mass is 488 g/mol. The predicted molar refractivity (Wildman–Crippen MR) is 163 cm³/mol. The van der Waals surface area contributed by atoms with Crippen LogP contribution in [-0.4, -0.2) is 0 Å². The number of rotatable bonds is 2. The first-order valence-corrected chi connectivity index (χ1v) is 13.8. The van der Waals surface area contributed by atoms with Gasteiger partial charge in [0.1, 0.15) is 0 Å². The second-order valence-electron chi connectivity index (χ2n) is 10.1. The molecule has 0 amide bonds. The van der Waals surface area contributed by atoms with E-state index in [2.05, 4.69) is 127 Å². The average Bonchev–Trinajstić information content (AvgIpc) is 3.36. The number of hydrogen-bond acceptors (Lipinski definition) is 1. The number of hydrogen-bond donors (Lipinski definition) is 0. The van der Waals surface area contributed by atoms with Crippen molar-refractivity contribution < 1.29 is 0 Å².